The minimum atomic E-state index is 0.0104. The van der Waals surface area contributed by atoms with Gasteiger partial charge in [0, 0.05) is 12.1 Å². The molecule has 72 valence electrons. The molecule has 0 aliphatic rings. The molecular weight excluding hydrogens is 166 g/mol. The van der Waals surface area contributed by atoms with Crippen LogP contribution in [0.4, 0.5) is 5.95 Å². The largest absolute Gasteiger partial charge is 0.328 e. The maximum Gasteiger partial charge on any atom is 0.226 e. The fourth-order valence-electron chi connectivity index (χ4n) is 1.03. The summed E-state index contributed by atoms with van der Waals surface area (Å²) in [5.41, 5.74) is 1.92. The van der Waals surface area contributed by atoms with Gasteiger partial charge in [-0.1, -0.05) is 6.92 Å². The number of amides is 1. The second-order valence-electron chi connectivity index (χ2n) is 3.09. The van der Waals surface area contributed by atoms with Crippen LogP contribution in [0.2, 0.25) is 0 Å². The maximum absolute atomic E-state index is 11.2. The number of hydrogen-bond donors (Lipinski definition) is 2. The van der Waals surface area contributed by atoms with E-state index in [1.807, 2.05) is 20.8 Å². The summed E-state index contributed by atoms with van der Waals surface area (Å²) in [6.07, 6.45) is 1.39. The number of nitrogens with one attached hydrogen (secondary N) is 2. The third-order valence-electron chi connectivity index (χ3n) is 1.86. The van der Waals surface area contributed by atoms with Crippen LogP contribution in [0.25, 0.3) is 0 Å². The number of imidazole rings is 1. The van der Waals surface area contributed by atoms with E-state index in [0.29, 0.717) is 12.4 Å². The predicted octanol–water partition coefficient (Wildman–Crippen LogP) is 1.77. The number of carbonyl (C=O) groups is 1. The van der Waals surface area contributed by atoms with Crippen molar-refractivity contribution in [3.8, 4) is 0 Å². The molecule has 0 aromatic carbocycles. The summed E-state index contributed by atoms with van der Waals surface area (Å²) in [6, 6.07) is 0. The van der Waals surface area contributed by atoms with Crippen LogP contribution < -0.4 is 5.32 Å². The molecule has 1 rings (SSSR count). The van der Waals surface area contributed by atoms with E-state index in [1.165, 1.54) is 0 Å². The molecule has 0 atom stereocenters. The SMILES string of the molecule is CCCC(=O)Nc1nc(C)c(C)[nH]1. The molecule has 0 saturated carbocycles. The second-order valence-corrected chi connectivity index (χ2v) is 3.09. The fraction of sp³-hybridized carbons (Fsp3) is 0.556. The van der Waals surface area contributed by atoms with Gasteiger partial charge in [0.2, 0.25) is 11.9 Å². The molecule has 2 N–H and O–H groups in total. The first kappa shape index (κ1) is 9.77. The predicted molar refractivity (Wildman–Crippen MR) is 51.6 cm³/mol. The highest BCUT2D eigenvalue weighted by Gasteiger charge is 2.05. The molecule has 0 aliphatic heterocycles. The number of rotatable bonds is 3. The van der Waals surface area contributed by atoms with Gasteiger partial charge in [0.05, 0.1) is 5.69 Å². The summed E-state index contributed by atoms with van der Waals surface area (Å²) in [7, 11) is 0. The fourth-order valence-corrected chi connectivity index (χ4v) is 1.03. The summed E-state index contributed by atoms with van der Waals surface area (Å²) >= 11 is 0. The number of carbonyl (C=O) groups excluding carboxylic acids is 1. The summed E-state index contributed by atoms with van der Waals surface area (Å²) in [5.74, 6) is 0.560. The lowest BCUT2D eigenvalue weighted by atomic mass is 10.3. The molecule has 0 spiro atoms. The van der Waals surface area contributed by atoms with Gasteiger partial charge in [-0.2, -0.15) is 0 Å². The van der Waals surface area contributed by atoms with E-state index in [1.54, 1.807) is 0 Å². The summed E-state index contributed by atoms with van der Waals surface area (Å²) in [4.78, 5) is 18.3. The molecule has 0 aliphatic carbocycles. The molecule has 4 nitrogen and oxygen atoms in total. The van der Waals surface area contributed by atoms with Gasteiger partial charge in [-0.05, 0) is 20.3 Å². The number of aromatic amines is 1. The van der Waals surface area contributed by atoms with E-state index >= 15 is 0 Å². The van der Waals surface area contributed by atoms with E-state index in [2.05, 4.69) is 15.3 Å². The van der Waals surface area contributed by atoms with Gasteiger partial charge in [-0.25, -0.2) is 4.98 Å². The maximum atomic E-state index is 11.2. The molecule has 1 aromatic heterocycles. The van der Waals surface area contributed by atoms with Crippen LogP contribution in [0.5, 0.6) is 0 Å². The van der Waals surface area contributed by atoms with Crippen LogP contribution in [0.3, 0.4) is 0 Å². The highest BCUT2D eigenvalue weighted by molar-refractivity contribution is 5.88. The monoisotopic (exact) mass is 181 g/mol. The summed E-state index contributed by atoms with van der Waals surface area (Å²) < 4.78 is 0. The van der Waals surface area contributed by atoms with Crippen molar-refractivity contribution in [1.82, 2.24) is 9.97 Å². The topological polar surface area (TPSA) is 57.8 Å². The van der Waals surface area contributed by atoms with Crippen LogP contribution in [0.15, 0.2) is 0 Å². The summed E-state index contributed by atoms with van der Waals surface area (Å²) in [5, 5.41) is 2.70. The van der Waals surface area contributed by atoms with Gasteiger partial charge in [-0.15, -0.1) is 0 Å². The van der Waals surface area contributed by atoms with Crippen LogP contribution in [-0.4, -0.2) is 15.9 Å². The van der Waals surface area contributed by atoms with Crippen molar-refractivity contribution >= 4 is 11.9 Å². The third kappa shape index (κ3) is 2.57. The van der Waals surface area contributed by atoms with Crippen LogP contribution in [0.1, 0.15) is 31.2 Å². The zero-order valence-corrected chi connectivity index (χ0v) is 8.27. The molecule has 1 amide bonds. The Morgan fingerprint density at radius 3 is 2.69 bits per heavy atom. The van der Waals surface area contributed by atoms with Crippen molar-refractivity contribution in [3.63, 3.8) is 0 Å². The number of anilines is 1. The standard InChI is InChI=1S/C9H15N3O/c1-4-5-8(13)12-9-10-6(2)7(3)11-9/h4-5H2,1-3H3,(H2,10,11,12,13). The van der Waals surface area contributed by atoms with Crippen molar-refractivity contribution in [1.29, 1.82) is 0 Å². The van der Waals surface area contributed by atoms with E-state index in [0.717, 1.165) is 17.8 Å². The van der Waals surface area contributed by atoms with Gasteiger partial charge < -0.3 is 4.98 Å². The second kappa shape index (κ2) is 4.07. The molecule has 0 fully saturated rings. The normalized spacial score (nSPS) is 10.1. The van der Waals surface area contributed by atoms with E-state index in [9.17, 15) is 4.79 Å². The average molecular weight is 181 g/mol. The molecule has 1 heterocycles. The Balaban J connectivity index is 2.59. The molecule has 1 aromatic rings. The first-order valence-electron chi connectivity index (χ1n) is 4.46. The number of nitrogens with zero attached hydrogens (tertiary/aromatic N) is 1. The molecule has 0 radical (unpaired) electrons. The molecule has 4 heteroatoms. The lowest BCUT2D eigenvalue weighted by Crippen LogP contribution is -2.11. The first-order chi connectivity index (χ1) is 6.13. The molecule has 0 unspecified atom stereocenters. The highest BCUT2D eigenvalue weighted by Crippen LogP contribution is 2.07. The Hall–Kier alpha value is -1.32. The Kier molecular flexibility index (Phi) is 3.06. The van der Waals surface area contributed by atoms with Crippen molar-refractivity contribution in [3.05, 3.63) is 11.4 Å². The minimum absolute atomic E-state index is 0.0104. The molecule has 13 heavy (non-hydrogen) atoms. The summed E-state index contributed by atoms with van der Waals surface area (Å²) in [6.45, 7) is 5.80. The van der Waals surface area contributed by atoms with Gasteiger partial charge >= 0.3 is 0 Å². The number of H-pyrrole nitrogens is 1. The zero-order chi connectivity index (χ0) is 9.84. The number of aromatic nitrogens is 2. The quantitative estimate of drug-likeness (QED) is 0.746. The van der Waals surface area contributed by atoms with Crippen molar-refractivity contribution in [2.75, 3.05) is 5.32 Å². The Bertz CT molecular complexity index is 284. The van der Waals surface area contributed by atoms with Gasteiger partial charge in [0.1, 0.15) is 0 Å². The van der Waals surface area contributed by atoms with Gasteiger partial charge in [-0.3, -0.25) is 10.1 Å². The van der Waals surface area contributed by atoms with Crippen molar-refractivity contribution in [2.45, 2.75) is 33.6 Å². The highest BCUT2D eigenvalue weighted by atomic mass is 16.1. The van der Waals surface area contributed by atoms with Gasteiger partial charge in [0.15, 0.2) is 0 Å². The van der Waals surface area contributed by atoms with Crippen molar-refractivity contribution in [2.24, 2.45) is 0 Å². The van der Waals surface area contributed by atoms with Gasteiger partial charge in [0.25, 0.3) is 0 Å². The number of aryl methyl sites for hydroxylation is 2. The van der Waals surface area contributed by atoms with E-state index in [-0.39, 0.29) is 5.91 Å². The minimum Gasteiger partial charge on any atom is -0.328 e. The zero-order valence-electron chi connectivity index (χ0n) is 8.27. The van der Waals surface area contributed by atoms with Crippen LogP contribution in [-0.2, 0) is 4.79 Å². The van der Waals surface area contributed by atoms with Crippen LogP contribution >= 0.6 is 0 Å². The average Bonchev–Trinajstić information content (AvgIpc) is 2.31. The Morgan fingerprint density at radius 1 is 1.54 bits per heavy atom. The number of hydrogen-bond acceptors (Lipinski definition) is 2. The molecule has 0 saturated heterocycles. The Labute approximate surface area is 77.8 Å². The third-order valence-corrected chi connectivity index (χ3v) is 1.86. The van der Waals surface area contributed by atoms with E-state index in [4.69, 9.17) is 0 Å². The smallest absolute Gasteiger partial charge is 0.226 e. The lowest BCUT2D eigenvalue weighted by molar-refractivity contribution is -0.116. The first-order valence-corrected chi connectivity index (χ1v) is 4.46. The van der Waals surface area contributed by atoms with Crippen molar-refractivity contribution < 1.29 is 4.79 Å². The molecular formula is C9H15N3O. The van der Waals surface area contributed by atoms with Crippen LogP contribution in [0, 0.1) is 13.8 Å². The Morgan fingerprint density at radius 2 is 2.23 bits per heavy atom. The lowest BCUT2D eigenvalue weighted by Gasteiger charge is -1.98. The molecule has 0 bridgehead atoms. The van der Waals surface area contributed by atoms with E-state index < -0.39 is 0 Å².